The molecule has 2 aromatic rings. The van der Waals surface area contributed by atoms with Gasteiger partial charge in [0.15, 0.2) is 0 Å². The highest BCUT2D eigenvalue weighted by Gasteiger charge is 2.03. The minimum absolute atomic E-state index is 0.568. The van der Waals surface area contributed by atoms with Gasteiger partial charge in [-0.3, -0.25) is 4.68 Å². The molecule has 0 spiro atoms. The van der Waals surface area contributed by atoms with Crippen molar-refractivity contribution in [3.05, 3.63) is 40.6 Å². The lowest BCUT2D eigenvalue weighted by Crippen LogP contribution is -1.91. The van der Waals surface area contributed by atoms with Crippen molar-refractivity contribution >= 4 is 23.2 Å². The lowest BCUT2D eigenvalue weighted by Gasteiger charge is -1.99. The van der Waals surface area contributed by atoms with Crippen LogP contribution in [0, 0.1) is 0 Å². The third-order valence-corrected chi connectivity index (χ3v) is 2.95. The molecule has 0 amide bonds. The van der Waals surface area contributed by atoms with Crippen molar-refractivity contribution in [1.82, 2.24) is 9.78 Å². The Morgan fingerprint density at radius 3 is 2.60 bits per heavy atom. The van der Waals surface area contributed by atoms with Crippen molar-refractivity contribution in [3.63, 3.8) is 0 Å². The van der Waals surface area contributed by atoms with Gasteiger partial charge in [-0.2, -0.15) is 5.10 Å². The molecule has 0 saturated heterocycles. The van der Waals surface area contributed by atoms with Gasteiger partial charge in [0.05, 0.1) is 16.2 Å². The average Bonchev–Trinajstić information content (AvgIpc) is 2.70. The van der Waals surface area contributed by atoms with Crippen LogP contribution in [0.4, 0.5) is 0 Å². The van der Waals surface area contributed by atoms with E-state index in [1.807, 2.05) is 36.1 Å². The molecule has 4 heteroatoms. The maximum absolute atomic E-state index is 5.95. The Morgan fingerprint density at radius 1 is 1.20 bits per heavy atom. The van der Waals surface area contributed by atoms with E-state index >= 15 is 0 Å². The van der Waals surface area contributed by atoms with Gasteiger partial charge in [0.1, 0.15) is 0 Å². The highest BCUT2D eigenvalue weighted by atomic mass is 35.5. The van der Waals surface area contributed by atoms with E-state index in [0.29, 0.717) is 10.0 Å². The second-order valence-corrected chi connectivity index (χ2v) is 4.03. The number of aryl methyl sites for hydroxylation is 1. The van der Waals surface area contributed by atoms with Crippen LogP contribution < -0.4 is 0 Å². The van der Waals surface area contributed by atoms with Gasteiger partial charge in [-0.15, -0.1) is 0 Å². The summed E-state index contributed by atoms with van der Waals surface area (Å²) in [6.45, 7) is 2.91. The molecule has 0 saturated carbocycles. The fraction of sp³-hybridized carbons (Fsp3) is 0.182. The first-order chi connectivity index (χ1) is 7.20. The van der Waals surface area contributed by atoms with Gasteiger partial charge in [-0.05, 0) is 24.6 Å². The third kappa shape index (κ3) is 2.16. The van der Waals surface area contributed by atoms with Gasteiger partial charge in [-0.1, -0.05) is 29.3 Å². The van der Waals surface area contributed by atoms with Crippen molar-refractivity contribution in [3.8, 4) is 11.1 Å². The van der Waals surface area contributed by atoms with Gasteiger partial charge >= 0.3 is 0 Å². The first-order valence-electron chi connectivity index (χ1n) is 4.68. The molecular weight excluding hydrogens is 231 g/mol. The number of nitrogens with zero attached hydrogens (tertiary/aromatic N) is 2. The molecular formula is C11H10Cl2N2. The summed E-state index contributed by atoms with van der Waals surface area (Å²) in [4.78, 5) is 0. The van der Waals surface area contributed by atoms with Crippen LogP contribution in [0.3, 0.4) is 0 Å². The Hall–Kier alpha value is -0.990. The van der Waals surface area contributed by atoms with Gasteiger partial charge in [0, 0.05) is 18.3 Å². The van der Waals surface area contributed by atoms with Crippen LogP contribution in [0.25, 0.3) is 11.1 Å². The zero-order valence-corrected chi connectivity index (χ0v) is 9.76. The quantitative estimate of drug-likeness (QED) is 0.780. The first-order valence-corrected chi connectivity index (χ1v) is 5.44. The zero-order chi connectivity index (χ0) is 10.8. The van der Waals surface area contributed by atoms with E-state index < -0.39 is 0 Å². The lowest BCUT2D eigenvalue weighted by molar-refractivity contribution is 0.660. The number of hydrogen-bond acceptors (Lipinski definition) is 1. The van der Waals surface area contributed by atoms with Gasteiger partial charge < -0.3 is 0 Å². The maximum Gasteiger partial charge on any atom is 0.0598 e. The molecule has 0 aliphatic carbocycles. The minimum Gasteiger partial charge on any atom is -0.272 e. The smallest absolute Gasteiger partial charge is 0.0598 e. The SMILES string of the molecule is CCn1cc(-c2ccc(Cl)c(Cl)c2)cn1. The van der Waals surface area contributed by atoms with Crippen molar-refractivity contribution < 1.29 is 0 Å². The number of halogens is 2. The van der Waals surface area contributed by atoms with Crippen LogP contribution in [-0.2, 0) is 6.54 Å². The standard InChI is InChI=1S/C11H10Cl2N2/c1-2-15-7-9(6-14-15)8-3-4-10(12)11(13)5-8/h3-7H,2H2,1H3. The molecule has 1 aromatic heterocycles. The van der Waals surface area contributed by atoms with Crippen molar-refractivity contribution in [2.75, 3.05) is 0 Å². The zero-order valence-electron chi connectivity index (χ0n) is 8.24. The minimum atomic E-state index is 0.568. The van der Waals surface area contributed by atoms with Crippen LogP contribution >= 0.6 is 23.2 Å². The molecule has 2 rings (SSSR count). The topological polar surface area (TPSA) is 17.8 Å². The Balaban J connectivity index is 2.40. The largest absolute Gasteiger partial charge is 0.272 e. The fourth-order valence-electron chi connectivity index (χ4n) is 1.36. The van der Waals surface area contributed by atoms with Crippen molar-refractivity contribution in [2.45, 2.75) is 13.5 Å². The monoisotopic (exact) mass is 240 g/mol. The number of hydrogen-bond donors (Lipinski definition) is 0. The van der Waals surface area contributed by atoms with E-state index in [9.17, 15) is 0 Å². The first kappa shape index (κ1) is 10.5. The van der Waals surface area contributed by atoms with E-state index in [4.69, 9.17) is 23.2 Å². The maximum atomic E-state index is 5.95. The van der Waals surface area contributed by atoms with E-state index in [2.05, 4.69) is 5.10 Å². The number of benzene rings is 1. The van der Waals surface area contributed by atoms with Crippen molar-refractivity contribution in [1.29, 1.82) is 0 Å². The predicted octanol–water partition coefficient (Wildman–Crippen LogP) is 3.88. The fourth-order valence-corrected chi connectivity index (χ4v) is 1.66. The highest BCUT2D eigenvalue weighted by molar-refractivity contribution is 6.42. The summed E-state index contributed by atoms with van der Waals surface area (Å²) in [5.41, 5.74) is 2.08. The van der Waals surface area contributed by atoms with Crippen LogP contribution in [-0.4, -0.2) is 9.78 Å². The van der Waals surface area contributed by atoms with Gasteiger partial charge in [0.2, 0.25) is 0 Å². The molecule has 1 aromatic carbocycles. The molecule has 78 valence electrons. The van der Waals surface area contributed by atoms with Crippen LogP contribution in [0.5, 0.6) is 0 Å². The second-order valence-electron chi connectivity index (χ2n) is 3.21. The summed E-state index contributed by atoms with van der Waals surface area (Å²) in [6, 6.07) is 5.58. The van der Waals surface area contributed by atoms with E-state index in [1.165, 1.54) is 0 Å². The normalized spacial score (nSPS) is 10.6. The number of aromatic nitrogens is 2. The summed E-state index contributed by atoms with van der Waals surface area (Å²) in [7, 11) is 0. The van der Waals surface area contributed by atoms with Crippen LogP contribution in [0.2, 0.25) is 10.0 Å². The van der Waals surface area contributed by atoms with E-state index in [0.717, 1.165) is 17.7 Å². The molecule has 0 N–H and O–H groups in total. The Labute approximate surface area is 98.4 Å². The van der Waals surface area contributed by atoms with E-state index in [-0.39, 0.29) is 0 Å². The molecule has 0 radical (unpaired) electrons. The Morgan fingerprint density at radius 2 is 2.00 bits per heavy atom. The molecule has 0 fully saturated rings. The molecule has 0 aliphatic heterocycles. The van der Waals surface area contributed by atoms with Gasteiger partial charge in [-0.25, -0.2) is 0 Å². The third-order valence-electron chi connectivity index (χ3n) is 2.21. The predicted molar refractivity (Wildman–Crippen MR) is 63.4 cm³/mol. The van der Waals surface area contributed by atoms with Crippen LogP contribution in [0.1, 0.15) is 6.92 Å². The van der Waals surface area contributed by atoms with Crippen LogP contribution in [0.15, 0.2) is 30.6 Å². The molecule has 0 bridgehead atoms. The number of rotatable bonds is 2. The summed E-state index contributed by atoms with van der Waals surface area (Å²) in [5, 5.41) is 5.34. The molecule has 1 heterocycles. The lowest BCUT2D eigenvalue weighted by atomic mass is 10.1. The molecule has 0 unspecified atom stereocenters. The molecule has 0 atom stereocenters. The summed E-state index contributed by atoms with van der Waals surface area (Å²) >= 11 is 11.8. The molecule has 0 aliphatic rings. The molecule has 15 heavy (non-hydrogen) atoms. The summed E-state index contributed by atoms with van der Waals surface area (Å²) in [5.74, 6) is 0. The second kappa shape index (κ2) is 4.25. The van der Waals surface area contributed by atoms with Gasteiger partial charge in [0.25, 0.3) is 0 Å². The summed E-state index contributed by atoms with van der Waals surface area (Å²) in [6.07, 6.45) is 3.81. The average molecular weight is 241 g/mol. The summed E-state index contributed by atoms with van der Waals surface area (Å²) < 4.78 is 1.87. The Kier molecular flexibility index (Phi) is 2.98. The highest BCUT2D eigenvalue weighted by Crippen LogP contribution is 2.28. The molecule has 2 nitrogen and oxygen atoms in total. The van der Waals surface area contributed by atoms with Crippen molar-refractivity contribution in [2.24, 2.45) is 0 Å². The Bertz CT molecular complexity index is 477. The van der Waals surface area contributed by atoms with E-state index in [1.54, 1.807) is 6.07 Å².